The van der Waals surface area contributed by atoms with Gasteiger partial charge in [0.1, 0.15) is 4.90 Å². The number of sulfone groups is 1. The smallest absolute Gasteiger partial charge is 0.242 e. The molecule has 3 N–H and O–H groups in total. The van der Waals surface area contributed by atoms with E-state index < -0.39 is 19.9 Å². The second-order valence-corrected chi connectivity index (χ2v) is 9.33. The minimum atomic E-state index is -3.59. The van der Waals surface area contributed by atoms with E-state index in [-0.39, 0.29) is 29.0 Å². The molecule has 0 saturated carbocycles. The van der Waals surface area contributed by atoms with Crippen LogP contribution in [0.15, 0.2) is 34.4 Å². The number of nitrogens with zero attached hydrogens (tertiary/aromatic N) is 2. The molecule has 2 rings (SSSR count). The van der Waals surface area contributed by atoms with E-state index in [1.807, 2.05) is 0 Å². The molecule has 9 nitrogen and oxygen atoms in total. The summed E-state index contributed by atoms with van der Waals surface area (Å²) in [6.45, 7) is 0.458. The predicted octanol–water partition coefficient (Wildman–Crippen LogP) is -1.29. The number of nitrogens with one attached hydrogen (secondary N) is 3. The van der Waals surface area contributed by atoms with Crippen LogP contribution in [0.25, 0.3) is 0 Å². The molecular formula is C13H21N5O4S2. The van der Waals surface area contributed by atoms with Gasteiger partial charge in [-0.05, 0) is 18.6 Å². The van der Waals surface area contributed by atoms with Gasteiger partial charge in [0.05, 0.1) is 11.5 Å². The Morgan fingerprint density at radius 2 is 2.21 bits per heavy atom. The first-order chi connectivity index (χ1) is 11.3. The van der Waals surface area contributed by atoms with E-state index in [1.165, 1.54) is 18.5 Å². The van der Waals surface area contributed by atoms with Crippen LogP contribution in [0.3, 0.4) is 0 Å². The van der Waals surface area contributed by atoms with Gasteiger partial charge in [-0.3, -0.25) is 9.98 Å². The van der Waals surface area contributed by atoms with E-state index >= 15 is 0 Å². The van der Waals surface area contributed by atoms with Crippen LogP contribution in [-0.4, -0.2) is 65.5 Å². The Kier molecular flexibility index (Phi) is 6.13. The minimum Gasteiger partial charge on any atom is -0.355 e. The number of rotatable bonds is 6. The zero-order valence-electron chi connectivity index (χ0n) is 13.3. The van der Waals surface area contributed by atoms with Crippen LogP contribution >= 0.6 is 0 Å². The van der Waals surface area contributed by atoms with Gasteiger partial charge in [0.25, 0.3) is 0 Å². The summed E-state index contributed by atoms with van der Waals surface area (Å²) in [5.74, 6) is 0.700. The molecule has 0 radical (unpaired) electrons. The van der Waals surface area contributed by atoms with Crippen molar-refractivity contribution in [2.24, 2.45) is 4.99 Å². The van der Waals surface area contributed by atoms with Crippen LogP contribution in [0.5, 0.6) is 0 Å². The Hall–Kier alpha value is -1.72. The van der Waals surface area contributed by atoms with E-state index in [9.17, 15) is 16.8 Å². The minimum absolute atomic E-state index is 0.0847. The van der Waals surface area contributed by atoms with Gasteiger partial charge < -0.3 is 10.6 Å². The monoisotopic (exact) mass is 375 g/mol. The van der Waals surface area contributed by atoms with Crippen molar-refractivity contribution in [3.63, 3.8) is 0 Å². The van der Waals surface area contributed by atoms with Gasteiger partial charge in [0, 0.05) is 38.6 Å². The normalized spacial score (nSPS) is 20.7. The van der Waals surface area contributed by atoms with Crippen molar-refractivity contribution in [1.29, 1.82) is 0 Å². The zero-order chi connectivity index (χ0) is 17.6. The van der Waals surface area contributed by atoms with Crippen LogP contribution < -0.4 is 15.4 Å². The highest BCUT2D eigenvalue weighted by atomic mass is 32.2. The SMILES string of the molecule is CN=C(NCCNS(=O)(=O)c1cccnc1)NC1CCS(=O)(=O)C1. The van der Waals surface area contributed by atoms with Gasteiger partial charge in [-0.1, -0.05) is 0 Å². The number of sulfonamides is 1. The first-order valence-electron chi connectivity index (χ1n) is 7.40. The maximum absolute atomic E-state index is 12.0. The van der Waals surface area contributed by atoms with E-state index in [2.05, 4.69) is 25.3 Å². The summed E-state index contributed by atoms with van der Waals surface area (Å²) >= 11 is 0. The highest BCUT2D eigenvalue weighted by molar-refractivity contribution is 7.91. The van der Waals surface area contributed by atoms with E-state index in [0.717, 1.165) is 0 Å². The fourth-order valence-corrected chi connectivity index (χ4v) is 4.92. The number of aromatic nitrogens is 1. The Balaban J connectivity index is 1.77. The highest BCUT2D eigenvalue weighted by Gasteiger charge is 2.28. The van der Waals surface area contributed by atoms with Crippen molar-refractivity contribution in [2.75, 3.05) is 31.6 Å². The molecule has 1 saturated heterocycles. The maximum Gasteiger partial charge on any atom is 0.242 e. The molecule has 1 aromatic heterocycles. The first-order valence-corrected chi connectivity index (χ1v) is 10.7. The summed E-state index contributed by atoms with van der Waals surface area (Å²) < 4.78 is 49.3. The standard InChI is InChI=1S/C13H21N5O4S2/c1-14-13(18-11-4-8-23(19,20)10-11)16-6-7-17-24(21,22)12-3-2-5-15-9-12/h2-3,5,9,11,17H,4,6-8,10H2,1H3,(H2,14,16,18). The van der Waals surface area contributed by atoms with E-state index in [4.69, 9.17) is 0 Å². The molecular weight excluding hydrogens is 354 g/mol. The number of hydrogen-bond acceptors (Lipinski definition) is 6. The Labute approximate surface area is 141 Å². The second kappa shape index (κ2) is 7.90. The number of pyridine rings is 1. The zero-order valence-corrected chi connectivity index (χ0v) is 14.9. The summed E-state index contributed by atoms with van der Waals surface area (Å²) in [4.78, 5) is 7.88. The van der Waals surface area contributed by atoms with Gasteiger partial charge in [-0.25, -0.2) is 21.6 Å². The summed E-state index contributed by atoms with van der Waals surface area (Å²) in [5.41, 5.74) is 0. The lowest BCUT2D eigenvalue weighted by Crippen LogP contribution is -2.46. The second-order valence-electron chi connectivity index (χ2n) is 5.33. The topological polar surface area (TPSA) is 130 Å². The van der Waals surface area contributed by atoms with Crippen molar-refractivity contribution in [2.45, 2.75) is 17.4 Å². The van der Waals surface area contributed by atoms with Crippen LogP contribution in [0, 0.1) is 0 Å². The third-order valence-corrected chi connectivity index (χ3v) is 6.67. The summed E-state index contributed by atoms with van der Waals surface area (Å²) in [5, 5.41) is 5.97. The molecule has 0 spiro atoms. The van der Waals surface area contributed by atoms with Crippen molar-refractivity contribution in [3.05, 3.63) is 24.5 Å². The third kappa shape index (κ3) is 5.42. The lowest BCUT2D eigenvalue weighted by molar-refractivity contribution is 0.579. The van der Waals surface area contributed by atoms with Gasteiger partial charge in [-0.2, -0.15) is 0 Å². The molecule has 0 amide bonds. The number of hydrogen-bond donors (Lipinski definition) is 3. The van der Waals surface area contributed by atoms with Crippen molar-refractivity contribution in [1.82, 2.24) is 20.3 Å². The molecule has 134 valence electrons. The van der Waals surface area contributed by atoms with Crippen molar-refractivity contribution >= 4 is 25.8 Å². The largest absolute Gasteiger partial charge is 0.355 e. The molecule has 2 heterocycles. The van der Waals surface area contributed by atoms with Crippen molar-refractivity contribution in [3.8, 4) is 0 Å². The van der Waals surface area contributed by atoms with E-state index in [1.54, 1.807) is 13.1 Å². The summed E-state index contributed by atoms with van der Waals surface area (Å²) in [6, 6.07) is 2.84. The van der Waals surface area contributed by atoms with Crippen LogP contribution in [0.2, 0.25) is 0 Å². The molecule has 1 aliphatic heterocycles. The Bertz CT molecular complexity index is 778. The fraction of sp³-hybridized carbons (Fsp3) is 0.538. The van der Waals surface area contributed by atoms with Gasteiger partial charge in [0.2, 0.25) is 10.0 Å². The Morgan fingerprint density at radius 3 is 2.79 bits per heavy atom. The third-order valence-electron chi connectivity index (χ3n) is 3.45. The molecule has 1 aromatic rings. The number of aliphatic imine (C=N–C) groups is 1. The molecule has 1 aliphatic rings. The predicted molar refractivity (Wildman–Crippen MR) is 91.0 cm³/mol. The average molecular weight is 375 g/mol. The van der Waals surface area contributed by atoms with Gasteiger partial charge >= 0.3 is 0 Å². The molecule has 1 unspecified atom stereocenters. The van der Waals surface area contributed by atoms with Gasteiger partial charge in [0.15, 0.2) is 15.8 Å². The highest BCUT2D eigenvalue weighted by Crippen LogP contribution is 2.10. The summed E-state index contributed by atoms with van der Waals surface area (Å²) in [6.07, 6.45) is 3.31. The maximum atomic E-state index is 12.0. The van der Waals surface area contributed by atoms with E-state index in [0.29, 0.717) is 18.9 Å². The molecule has 0 aromatic carbocycles. The van der Waals surface area contributed by atoms with Gasteiger partial charge in [-0.15, -0.1) is 0 Å². The molecule has 11 heteroatoms. The lowest BCUT2D eigenvalue weighted by Gasteiger charge is -2.16. The molecule has 24 heavy (non-hydrogen) atoms. The Morgan fingerprint density at radius 1 is 1.42 bits per heavy atom. The lowest BCUT2D eigenvalue weighted by atomic mass is 10.3. The summed E-state index contributed by atoms with van der Waals surface area (Å²) in [7, 11) is -4.99. The molecule has 0 aliphatic carbocycles. The molecule has 1 fully saturated rings. The first kappa shape index (κ1) is 18.6. The van der Waals surface area contributed by atoms with Crippen molar-refractivity contribution < 1.29 is 16.8 Å². The number of guanidine groups is 1. The molecule has 1 atom stereocenters. The fourth-order valence-electron chi connectivity index (χ4n) is 2.25. The average Bonchev–Trinajstić information content (AvgIpc) is 2.90. The quantitative estimate of drug-likeness (QED) is 0.320. The van der Waals surface area contributed by atoms with Crippen LogP contribution in [0.4, 0.5) is 0 Å². The molecule has 0 bridgehead atoms. The van der Waals surface area contributed by atoms with Crippen LogP contribution in [-0.2, 0) is 19.9 Å². The van der Waals surface area contributed by atoms with Crippen LogP contribution in [0.1, 0.15) is 6.42 Å².